The maximum Gasteiger partial charge on any atom is 0.271 e. The SMILES string of the molecule is CC(C)(C)[C@H]1CC[C@@]2(CC1)CC(C(=O)N1CCN(c3ccc(O)cc3)CC1)=NO2. The highest BCUT2D eigenvalue weighted by molar-refractivity contribution is 6.39. The van der Waals surface area contributed by atoms with E-state index in [1.54, 1.807) is 12.1 Å². The van der Waals surface area contributed by atoms with Crippen LogP contribution in [-0.4, -0.2) is 53.4 Å². The fourth-order valence-electron chi connectivity index (χ4n) is 4.93. The molecule has 0 atom stereocenters. The van der Waals surface area contributed by atoms with Crippen molar-refractivity contribution in [2.45, 2.75) is 58.5 Å². The molecule has 0 aromatic heterocycles. The number of carbonyl (C=O) groups is 1. The lowest BCUT2D eigenvalue weighted by molar-refractivity contribution is -0.124. The van der Waals surface area contributed by atoms with Gasteiger partial charge in [0.15, 0.2) is 0 Å². The Morgan fingerprint density at radius 1 is 1.10 bits per heavy atom. The average molecular weight is 400 g/mol. The number of oxime groups is 1. The molecular weight excluding hydrogens is 366 g/mol. The first-order valence-electron chi connectivity index (χ1n) is 10.8. The van der Waals surface area contributed by atoms with Crippen LogP contribution in [-0.2, 0) is 9.63 Å². The molecule has 2 fully saturated rings. The number of phenols is 1. The van der Waals surface area contributed by atoms with E-state index in [-0.39, 0.29) is 17.3 Å². The van der Waals surface area contributed by atoms with E-state index in [9.17, 15) is 9.90 Å². The number of piperazine rings is 1. The summed E-state index contributed by atoms with van der Waals surface area (Å²) in [5.74, 6) is 1.02. The quantitative estimate of drug-likeness (QED) is 0.822. The smallest absolute Gasteiger partial charge is 0.271 e. The molecule has 1 aromatic carbocycles. The third-order valence-corrected chi connectivity index (χ3v) is 6.99. The Labute approximate surface area is 173 Å². The van der Waals surface area contributed by atoms with Crippen molar-refractivity contribution in [2.75, 3.05) is 31.1 Å². The van der Waals surface area contributed by atoms with Gasteiger partial charge in [-0.3, -0.25) is 4.79 Å². The summed E-state index contributed by atoms with van der Waals surface area (Å²) < 4.78 is 0. The van der Waals surface area contributed by atoms with Crippen LogP contribution >= 0.6 is 0 Å². The number of benzene rings is 1. The first-order valence-corrected chi connectivity index (χ1v) is 10.8. The standard InChI is InChI=1S/C23H33N3O3/c1-22(2,3)17-8-10-23(11-9-17)16-20(24-29-23)21(28)26-14-12-25(13-15-26)18-4-6-19(27)7-5-18/h4-7,17,27H,8-16H2,1-3H3/t17-,23+. The predicted octanol–water partition coefficient (Wildman–Crippen LogP) is 3.79. The molecule has 1 saturated carbocycles. The summed E-state index contributed by atoms with van der Waals surface area (Å²) in [5.41, 5.74) is 1.75. The van der Waals surface area contributed by atoms with Gasteiger partial charge in [0.25, 0.3) is 5.91 Å². The predicted molar refractivity (Wildman–Crippen MR) is 114 cm³/mol. The van der Waals surface area contributed by atoms with Gasteiger partial charge >= 0.3 is 0 Å². The van der Waals surface area contributed by atoms with Crippen LogP contribution in [0.3, 0.4) is 0 Å². The number of hydrogen-bond acceptors (Lipinski definition) is 5. The summed E-state index contributed by atoms with van der Waals surface area (Å²) in [6, 6.07) is 7.23. The van der Waals surface area contributed by atoms with Gasteiger partial charge in [-0.2, -0.15) is 0 Å². The first-order chi connectivity index (χ1) is 13.8. The molecule has 1 spiro atoms. The van der Waals surface area contributed by atoms with Crippen molar-refractivity contribution < 1.29 is 14.7 Å². The number of hydrogen-bond donors (Lipinski definition) is 1. The van der Waals surface area contributed by atoms with Crippen LogP contribution in [0.1, 0.15) is 52.9 Å². The monoisotopic (exact) mass is 399 g/mol. The van der Waals surface area contributed by atoms with Crippen LogP contribution in [0, 0.1) is 11.3 Å². The summed E-state index contributed by atoms with van der Waals surface area (Å²) in [5, 5.41) is 13.7. The van der Waals surface area contributed by atoms with Crippen LogP contribution in [0.25, 0.3) is 0 Å². The summed E-state index contributed by atoms with van der Waals surface area (Å²) in [6.45, 7) is 9.86. The molecule has 1 saturated heterocycles. The lowest BCUT2D eigenvalue weighted by Crippen LogP contribution is -2.51. The Hall–Kier alpha value is -2.24. The molecule has 2 heterocycles. The molecule has 158 valence electrons. The number of carbonyl (C=O) groups excluding carboxylic acids is 1. The zero-order valence-electron chi connectivity index (χ0n) is 17.9. The third kappa shape index (κ3) is 4.21. The highest BCUT2D eigenvalue weighted by Gasteiger charge is 2.46. The molecule has 4 rings (SSSR count). The van der Waals surface area contributed by atoms with Crippen LogP contribution < -0.4 is 4.90 Å². The molecule has 0 unspecified atom stereocenters. The van der Waals surface area contributed by atoms with Crippen molar-refractivity contribution in [3.05, 3.63) is 24.3 Å². The van der Waals surface area contributed by atoms with Crippen LogP contribution in [0.5, 0.6) is 5.75 Å². The molecule has 0 radical (unpaired) electrons. The van der Waals surface area contributed by atoms with Crippen LogP contribution in [0.15, 0.2) is 29.4 Å². The lowest BCUT2D eigenvalue weighted by atomic mass is 9.67. The Bertz CT molecular complexity index is 766. The number of nitrogens with zero attached hydrogens (tertiary/aromatic N) is 3. The van der Waals surface area contributed by atoms with E-state index in [0.29, 0.717) is 36.6 Å². The van der Waals surface area contributed by atoms with Crippen molar-refractivity contribution in [3.8, 4) is 5.75 Å². The topological polar surface area (TPSA) is 65.4 Å². The second-order valence-electron chi connectivity index (χ2n) is 9.93. The van der Waals surface area contributed by atoms with Gasteiger partial charge in [-0.25, -0.2) is 0 Å². The zero-order valence-corrected chi connectivity index (χ0v) is 17.9. The maximum atomic E-state index is 13.0. The molecule has 29 heavy (non-hydrogen) atoms. The summed E-state index contributed by atoms with van der Waals surface area (Å²) in [4.78, 5) is 23.0. The van der Waals surface area contributed by atoms with Crippen LogP contribution in [0.2, 0.25) is 0 Å². The minimum Gasteiger partial charge on any atom is -0.508 e. The van der Waals surface area contributed by atoms with Crippen molar-refractivity contribution in [3.63, 3.8) is 0 Å². The highest BCUT2D eigenvalue weighted by atomic mass is 16.7. The fraction of sp³-hybridized carbons (Fsp3) is 0.652. The number of anilines is 1. The average Bonchev–Trinajstić information content (AvgIpc) is 3.11. The lowest BCUT2D eigenvalue weighted by Gasteiger charge is -2.40. The van der Waals surface area contributed by atoms with E-state index in [0.717, 1.165) is 44.5 Å². The highest BCUT2D eigenvalue weighted by Crippen LogP contribution is 2.46. The maximum absolute atomic E-state index is 13.0. The van der Waals surface area contributed by atoms with E-state index >= 15 is 0 Å². The van der Waals surface area contributed by atoms with Gasteiger partial charge in [0.1, 0.15) is 17.1 Å². The fourth-order valence-corrected chi connectivity index (χ4v) is 4.93. The summed E-state index contributed by atoms with van der Waals surface area (Å²) >= 11 is 0. The zero-order chi connectivity index (χ0) is 20.6. The number of rotatable bonds is 2. The first kappa shape index (κ1) is 20.0. The number of aromatic hydroxyl groups is 1. The molecule has 3 aliphatic rings. The van der Waals surface area contributed by atoms with Gasteiger partial charge < -0.3 is 19.7 Å². The van der Waals surface area contributed by atoms with E-state index in [4.69, 9.17) is 4.84 Å². The van der Waals surface area contributed by atoms with Gasteiger partial charge in [-0.05, 0) is 61.3 Å². The number of phenolic OH excluding ortho intramolecular Hbond substituents is 1. The van der Waals surface area contributed by atoms with E-state index in [1.165, 1.54) is 0 Å². The summed E-state index contributed by atoms with van der Waals surface area (Å²) in [7, 11) is 0. The Kier molecular flexibility index (Phi) is 5.21. The normalized spacial score (nSPS) is 27.7. The molecule has 1 aliphatic carbocycles. The molecule has 6 nitrogen and oxygen atoms in total. The van der Waals surface area contributed by atoms with Crippen molar-refractivity contribution >= 4 is 17.3 Å². The molecule has 2 aliphatic heterocycles. The molecule has 1 N–H and O–H groups in total. The van der Waals surface area contributed by atoms with Crippen LogP contribution in [0.4, 0.5) is 5.69 Å². The number of amides is 1. The van der Waals surface area contributed by atoms with Gasteiger partial charge in [-0.1, -0.05) is 25.9 Å². The minimum atomic E-state index is -0.249. The summed E-state index contributed by atoms with van der Waals surface area (Å²) in [6.07, 6.45) is 4.92. The van der Waals surface area contributed by atoms with Crippen molar-refractivity contribution in [1.82, 2.24) is 4.90 Å². The molecule has 6 heteroatoms. The molecular formula is C23H33N3O3. The van der Waals surface area contributed by atoms with E-state index < -0.39 is 0 Å². The Balaban J connectivity index is 1.30. The van der Waals surface area contributed by atoms with E-state index in [1.807, 2.05) is 17.0 Å². The molecule has 0 bridgehead atoms. The van der Waals surface area contributed by atoms with E-state index in [2.05, 4.69) is 30.8 Å². The van der Waals surface area contributed by atoms with Crippen molar-refractivity contribution in [1.29, 1.82) is 0 Å². The third-order valence-electron chi connectivity index (χ3n) is 6.99. The molecule has 1 amide bonds. The van der Waals surface area contributed by atoms with Gasteiger partial charge in [0.05, 0.1) is 0 Å². The second-order valence-corrected chi connectivity index (χ2v) is 9.93. The minimum absolute atomic E-state index is 0.0326. The largest absolute Gasteiger partial charge is 0.508 e. The molecule has 1 aromatic rings. The van der Waals surface area contributed by atoms with Gasteiger partial charge in [0.2, 0.25) is 0 Å². The second kappa shape index (κ2) is 7.54. The van der Waals surface area contributed by atoms with Gasteiger partial charge in [0, 0.05) is 38.3 Å². The Morgan fingerprint density at radius 2 is 1.72 bits per heavy atom. The van der Waals surface area contributed by atoms with Crippen molar-refractivity contribution in [2.24, 2.45) is 16.5 Å². The Morgan fingerprint density at radius 3 is 2.31 bits per heavy atom. The van der Waals surface area contributed by atoms with Gasteiger partial charge in [-0.15, -0.1) is 0 Å².